The Labute approximate surface area is 368 Å². The molecule has 0 aliphatic heterocycles. The molecular formula is C58H53N3O2. The predicted octanol–water partition coefficient (Wildman–Crippen LogP) is 15.9. The van der Waals surface area contributed by atoms with Crippen LogP contribution in [-0.2, 0) is 5.41 Å². The van der Waals surface area contributed by atoms with Crippen LogP contribution in [0.5, 0.6) is 0 Å². The number of para-hydroxylation sites is 1. The van der Waals surface area contributed by atoms with Crippen LogP contribution in [0.1, 0.15) is 87.0 Å². The van der Waals surface area contributed by atoms with Crippen molar-refractivity contribution < 1.29 is 8.83 Å². The minimum Gasteiger partial charge on any atom is -0.461 e. The lowest BCUT2D eigenvalue weighted by atomic mass is 9.76. The van der Waals surface area contributed by atoms with Gasteiger partial charge >= 0.3 is 0 Å². The number of nitrogens with zero attached hydrogens (tertiary/aromatic N) is 2. The molecule has 0 spiro atoms. The van der Waals surface area contributed by atoms with Crippen molar-refractivity contribution in [1.82, 2.24) is 9.47 Å². The van der Waals surface area contributed by atoms with Gasteiger partial charge < -0.3 is 18.3 Å². The van der Waals surface area contributed by atoms with Crippen molar-refractivity contribution >= 4 is 88.0 Å². The van der Waals surface area contributed by atoms with Gasteiger partial charge in [-0.15, -0.1) is 0 Å². The van der Waals surface area contributed by atoms with Crippen LogP contribution in [0.3, 0.4) is 0 Å². The molecule has 10 aromatic rings. The number of aromatic nitrogens is 1. The zero-order valence-electron chi connectivity index (χ0n) is 37.1. The summed E-state index contributed by atoms with van der Waals surface area (Å²) in [5.41, 5.74) is 8.77. The van der Waals surface area contributed by atoms with E-state index in [1.54, 1.807) is 0 Å². The molecule has 3 atom stereocenters. The van der Waals surface area contributed by atoms with Gasteiger partial charge in [0.2, 0.25) is 0 Å². The van der Waals surface area contributed by atoms with Crippen molar-refractivity contribution in [2.24, 2.45) is 0 Å². The van der Waals surface area contributed by atoms with E-state index in [1.807, 2.05) is 12.1 Å². The number of hydrogen-bond acceptors (Lipinski definition) is 3. The second-order valence-corrected chi connectivity index (χ2v) is 18.1. The maximum absolute atomic E-state index is 9.90. The number of fused-ring (bicyclic) bond motifs is 12. The molecule has 0 fully saturated rings. The van der Waals surface area contributed by atoms with E-state index >= 15 is 0 Å². The molecule has 3 heterocycles. The first-order valence-corrected chi connectivity index (χ1v) is 22.7. The fraction of sp³-hybridized carbons (Fsp3) is 0.224. The second-order valence-electron chi connectivity index (χ2n) is 18.1. The van der Waals surface area contributed by atoms with Crippen LogP contribution in [0.2, 0.25) is 0 Å². The smallest absolute Gasteiger partial charge is 0.143 e. The maximum atomic E-state index is 9.90. The van der Waals surface area contributed by atoms with Gasteiger partial charge in [0.25, 0.3) is 0 Å². The van der Waals surface area contributed by atoms with Crippen LogP contribution in [0.25, 0.3) is 87.8 Å². The van der Waals surface area contributed by atoms with Crippen LogP contribution in [0.15, 0.2) is 148 Å². The number of rotatable bonds is 9. The molecule has 5 heteroatoms. The number of likely N-dealkylation sites (N-methyl/N-ethyl adjacent to an activating group) is 1. The lowest BCUT2D eigenvalue weighted by molar-refractivity contribution is 0.441. The molecule has 1 aliphatic carbocycles. The van der Waals surface area contributed by atoms with Gasteiger partial charge in [-0.05, 0) is 72.2 Å². The molecule has 0 bridgehead atoms. The van der Waals surface area contributed by atoms with Gasteiger partial charge in [-0.3, -0.25) is 5.41 Å². The average Bonchev–Trinajstić information content (AvgIpc) is 3.98. The number of furan rings is 2. The molecule has 1 N–H and O–H groups in total. The molecule has 7 aromatic carbocycles. The van der Waals surface area contributed by atoms with Gasteiger partial charge in [0, 0.05) is 79.7 Å². The largest absolute Gasteiger partial charge is 0.461 e. The van der Waals surface area contributed by atoms with E-state index in [4.69, 9.17) is 8.83 Å². The Morgan fingerprint density at radius 1 is 0.778 bits per heavy atom. The van der Waals surface area contributed by atoms with E-state index in [9.17, 15) is 5.41 Å². The number of nitrogens with one attached hydrogen (secondary N) is 1. The van der Waals surface area contributed by atoms with Gasteiger partial charge in [-0.1, -0.05) is 149 Å². The molecule has 0 amide bonds. The van der Waals surface area contributed by atoms with Crippen LogP contribution in [-0.4, -0.2) is 28.9 Å². The summed E-state index contributed by atoms with van der Waals surface area (Å²) in [5.74, 6) is 2.36. The van der Waals surface area contributed by atoms with Crippen molar-refractivity contribution in [3.63, 3.8) is 0 Å². The number of hydrogen-bond donors (Lipinski definition) is 1. The van der Waals surface area contributed by atoms with Crippen LogP contribution in [0.4, 0.5) is 0 Å². The lowest BCUT2D eigenvalue weighted by Gasteiger charge is -2.30. The Morgan fingerprint density at radius 3 is 2.25 bits per heavy atom. The maximum Gasteiger partial charge on any atom is 0.143 e. The normalized spacial score (nSPS) is 15.7. The zero-order chi connectivity index (χ0) is 43.1. The lowest BCUT2D eigenvalue weighted by Crippen LogP contribution is -2.34. The van der Waals surface area contributed by atoms with E-state index in [0.29, 0.717) is 12.4 Å². The summed E-state index contributed by atoms with van der Waals surface area (Å²) in [6.45, 7) is 12.0. The fourth-order valence-electron chi connectivity index (χ4n) is 11.1. The Kier molecular flexibility index (Phi) is 9.24. The van der Waals surface area contributed by atoms with E-state index in [2.05, 4.69) is 185 Å². The van der Waals surface area contributed by atoms with Crippen LogP contribution in [0, 0.1) is 12.3 Å². The summed E-state index contributed by atoms with van der Waals surface area (Å²) in [6.07, 6.45) is 11.8. The number of benzene rings is 7. The molecule has 0 saturated carbocycles. The molecule has 11 rings (SSSR count). The second kappa shape index (κ2) is 14.9. The summed E-state index contributed by atoms with van der Waals surface area (Å²) in [7, 11) is 2.07. The SMILES string of the molecule is CC/C=C\C(C)(CC)c1c2ccccc2cc2c3ccc4ccccc4c3n(-c3cc4c5c(oc4c4ccccc34)C=CCC5C(=N)N(C)CC(C)c3c(C)oc4ccccc34)c12. The molecule has 3 aromatic heterocycles. The van der Waals surface area contributed by atoms with Crippen LogP contribution >= 0.6 is 0 Å². The van der Waals surface area contributed by atoms with E-state index in [1.165, 1.54) is 54.5 Å². The van der Waals surface area contributed by atoms with Crippen molar-refractivity contribution in [1.29, 1.82) is 5.41 Å². The van der Waals surface area contributed by atoms with Gasteiger partial charge in [-0.2, -0.15) is 0 Å². The topological polar surface area (TPSA) is 58.3 Å². The van der Waals surface area contributed by atoms with Gasteiger partial charge in [0.1, 0.15) is 28.5 Å². The quantitative estimate of drug-likeness (QED) is 0.0896. The Bertz CT molecular complexity index is 3540. The first-order chi connectivity index (χ1) is 30.7. The molecule has 63 heavy (non-hydrogen) atoms. The minimum atomic E-state index is -0.250. The van der Waals surface area contributed by atoms with Gasteiger partial charge in [0.15, 0.2) is 0 Å². The summed E-state index contributed by atoms with van der Waals surface area (Å²) < 4.78 is 15.7. The summed E-state index contributed by atoms with van der Waals surface area (Å²) in [6, 6.07) is 44.3. The van der Waals surface area contributed by atoms with Crippen molar-refractivity contribution in [2.45, 2.75) is 71.1 Å². The van der Waals surface area contributed by atoms with Gasteiger partial charge in [-0.25, -0.2) is 0 Å². The minimum absolute atomic E-state index is 0.158. The highest BCUT2D eigenvalue weighted by atomic mass is 16.3. The third-order valence-corrected chi connectivity index (χ3v) is 14.3. The third kappa shape index (κ3) is 5.93. The van der Waals surface area contributed by atoms with E-state index in [-0.39, 0.29) is 17.3 Å². The standard InChI is InChI=1S/C58H53N3O2/c1-7-9-31-58(5,8-2)53-39-21-12-11-20-38(39)32-46-42-30-29-37-19-10-13-22-40(37)54(42)61(55(46)53)48-33-47-52-45(26-18-28-50(52)63-56(47)43-24-15-14-23-41(43)48)57(59)60(6)34-35(3)51-36(4)62-49-27-17-16-25-44(49)51/h9-25,27-33,35,45,59H,7-8,26,34H2,1-6H3/b31-9-,59-57?. The van der Waals surface area contributed by atoms with Crippen molar-refractivity contribution in [3.05, 3.63) is 168 Å². The monoisotopic (exact) mass is 823 g/mol. The molecule has 0 saturated heterocycles. The Balaban J connectivity index is 1.18. The molecule has 0 radical (unpaired) electrons. The highest BCUT2D eigenvalue weighted by Gasteiger charge is 2.34. The molecule has 3 unspecified atom stereocenters. The van der Waals surface area contributed by atoms with Crippen molar-refractivity contribution in [3.8, 4) is 5.69 Å². The first-order valence-electron chi connectivity index (χ1n) is 22.7. The number of amidine groups is 1. The predicted molar refractivity (Wildman–Crippen MR) is 266 cm³/mol. The molecule has 312 valence electrons. The van der Waals surface area contributed by atoms with Crippen LogP contribution < -0.4 is 0 Å². The highest BCUT2D eigenvalue weighted by molar-refractivity contribution is 6.23. The number of allylic oxidation sites excluding steroid dienone is 3. The highest BCUT2D eigenvalue weighted by Crippen LogP contribution is 2.49. The summed E-state index contributed by atoms with van der Waals surface area (Å²) >= 11 is 0. The first kappa shape index (κ1) is 39.0. The molecular weight excluding hydrogens is 771 g/mol. The molecule has 5 nitrogen and oxygen atoms in total. The molecule has 1 aliphatic rings. The van der Waals surface area contributed by atoms with Gasteiger partial charge in [0.05, 0.1) is 16.7 Å². The van der Waals surface area contributed by atoms with E-state index in [0.717, 1.165) is 74.7 Å². The average molecular weight is 824 g/mol. The third-order valence-electron chi connectivity index (χ3n) is 14.3. The Morgan fingerprint density at radius 2 is 1.48 bits per heavy atom. The fourth-order valence-corrected chi connectivity index (χ4v) is 11.1. The van der Waals surface area contributed by atoms with Crippen molar-refractivity contribution in [2.75, 3.05) is 13.6 Å². The zero-order valence-corrected chi connectivity index (χ0v) is 37.1. The number of aryl methyl sites for hydroxylation is 1. The summed E-state index contributed by atoms with van der Waals surface area (Å²) in [4.78, 5) is 2.15. The Hall–Kier alpha value is -6.85. The van der Waals surface area contributed by atoms with E-state index < -0.39 is 0 Å². The summed E-state index contributed by atoms with van der Waals surface area (Å²) in [5, 5.41) is 21.8.